The lowest BCUT2D eigenvalue weighted by atomic mass is 9.68. The van der Waals surface area contributed by atoms with Crippen molar-refractivity contribution in [3.8, 4) is 0 Å². The van der Waals surface area contributed by atoms with Crippen molar-refractivity contribution in [2.45, 2.75) is 149 Å². The van der Waals surface area contributed by atoms with Gasteiger partial charge in [0, 0.05) is 18.2 Å². The first-order valence-electron chi connectivity index (χ1n) is 16.6. The van der Waals surface area contributed by atoms with Crippen LogP contribution in [0.2, 0.25) is 0 Å². The van der Waals surface area contributed by atoms with Gasteiger partial charge in [-0.3, -0.25) is 0 Å². The van der Waals surface area contributed by atoms with E-state index in [2.05, 4.69) is 12.2 Å². The van der Waals surface area contributed by atoms with Crippen LogP contribution < -0.4 is 5.32 Å². The molecule has 41 heavy (non-hydrogen) atoms. The lowest BCUT2D eigenvalue weighted by Crippen LogP contribution is -2.61. The van der Waals surface area contributed by atoms with Gasteiger partial charge in [0.2, 0.25) is 0 Å². The number of imide groups is 1. The zero-order valence-corrected chi connectivity index (χ0v) is 26.6. The molecule has 1 heterocycles. The van der Waals surface area contributed by atoms with Crippen LogP contribution in [-0.2, 0) is 19.0 Å². The number of ether oxygens (including phenoxy) is 3. The molecule has 0 radical (unpaired) electrons. The van der Waals surface area contributed by atoms with Crippen LogP contribution in [0.1, 0.15) is 137 Å². The van der Waals surface area contributed by atoms with E-state index in [9.17, 15) is 14.4 Å². The minimum atomic E-state index is -0.793. The number of hydrogen-bond donors (Lipinski definition) is 1. The number of rotatable bonds is 19. The maximum Gasteiger partial charge on any atom is 0.418 e. The second-order valence-corrected chi connectivity index (χ2v) is 11.8. The van der Waals surface area contributed by atoms with Gasteiger partial charge in [0.1, 0.15) is 0 Å². The van der Waals surface area contributed by atoms with E-state index in [1.807, 2.05) is 6.92 Å². The first-order valence-corrected chi connectivity index (χ1v) is 16.6. The first kappa shape index (κ1) is 35.1. The zero-order chi connectivity index (χ0) is 30.0. The summed E-state index contributed by atoms with van der Waals surface area (Å²) in [6, 6.07) is -1.36. The van der Waals surface area contributed by atoms with Crippen molar-refractivity contribution in [2.75, 3.05) is 20.3 Å². The van der Waals surface area contributed by atoms with Gasteiger partial charge in [-0.15, -0.1) is 0 Å². The smallest absolute Gasteiger partial charge is 0.418 e. The molecule has 236 valence electrons. The summed E-state index contributed by atoms with van der Waals surface area (Å²) in [6.07, 6.45) is 19.9. The van der Waals surface area contributed by atoms with Crippen LogP contribution in [0.5, 0.6) is 0 Å². The highest BCUT2D eigenvalue weighted by Crippen LogP contribution is 2.43. The molecule has 2 aliphatic rings. The molecular weight excluding hydrogens is 520 g/mol. The monoisotopic (exact) mass is 578 g/mol. The molecule has 8 nitrogen and oxygen atoms in total. The van der Waals surface area contributed by atoms with Crippen molar-refractivity contribution >= 4 is 18.1 Å². The normalized spacial score (nSPS) is 23.0. The summed E-state index contributed by atoms with van der Waals surface area (Å²) in [5.41, 5.74) is 0.736. The van der Waals surface area contributed by atoms with Crippen LogP contribution in [0.4, 0.5) is 9.59 Å². The molecule has 4 atom stereocenters. The number of amides is 3. The van der Waals surface area contributed by atoms with Gasteiger partial charge in [0.05, 0.1) is 31.4 Å². The van der Waals surface area contributed by atoms with Gasteiger partial charge in [-0.1, -0.05) is 96.8 Å². The highest BCUT2D eigenvalue weighted by molar-refractivity contribution is 6.00. The Morgan fingerprint density at radius 1 is 0.854 bits per heavy atom. The van der Waals surface area contributed by atoms with E-state index in [4.69, 9.17) is 14.2 Å². The largest absolute Gasteiger partial charge is 0.466 e. The van der Waals surface area contributed by atoms with E-state index in [0.29, 0.717) is 17.9 Å². The molecule has 0 aromatic rings. The average Bonchev–Trinajstić information content (AvgIpc) is 2.95. The van der Waals surface area contributed by atoms with Gasteiger partial charge in [-0.2, -0.15) is 0 Å². The number of methoxy groups -OCH3 is 1. The number of allylic oxidation sites excluding steroid dienone is 1. The molecule has 4 unspecified atom stereocenters. The first-order chi connectivity index (χ1) is 19.9. The SMILES string of the molecule is CCCCCCCCCCCCCCCC1CCCC(OCC)C1C1C(C(=O)OC)=C(C)NC(=O)N1C(=O)OCC. The Balaban J connectivity index is 2.05. The van der Waals surface area contributed by atoms with Gasteiger partial charge in [-0.05, 0) is 46.0 Å². The standard InChI is InChI=1S/C33H58N2O6/c1-6-9-10-11-12-13-14-15-16-17-18-19-20-22-26-23-21-24-27(40-7-2)29(26)30-28(31(36)39-5)25(4)34-32(37)35(30)33(38)41-8-3/h26-27,29-30H,6-24H2,1-5H3,(H,34,37). The van der Waals surface area contributed by atoms with Gasteiger partial charge >= 0.3 is 18.1 Å². The van der Waals surface area contributed by atoms with Crippen LogP contribution in [0, 0.1) is 11.8 Å². The predicted molar refractivity (Wildman–Crippen MR) is 162 cm³/mol. The molecule has 2 rings (SSSR count). The van der Waals surface area contributed by atoms with E-state index < -0.39 is 24.1 Å². The summed E-state index contributed by atoms with van der Waals surface area (Å²) in [7, 11) is 1.33. The highest BCUT2D eigenvalue weighted by Gasteiger charge is 2.51. The summed E-state index contributed by atoms with van der Waals surface area (Å²) in [5.74, 6) is -0.531. The van der Waals surface area contributed by atoms with E-state index in [1.54, 1.807) is 13.8 Å². The Labute approximate surface area is 249 Å². The summed E-state index contributed by atoms with van der Waals surface area (Å²) < 4.78 is 16.7. The molecule has 0 spiro atoms. The van der Waals surface area contributed by atoms with E-state index in [-0.39, 0.29) is 24.5 Å². The highest BCUT2D eigenvalue weighted by atomic mass is 16.6. The van der Waals surface area contributed by atoms with Gasteiger partial charge in [0.15, 0.2) is 0 Å². The van der Waals surface area contributed by atoms with Crippen LogP contribution in [-0.4, -0.2) is 55.5 Å². The molecule has 3 amide bonds. The van der Waals surface area contributed by atoms with Gasteiger partial charge in [0.25, 0.3) is 0 Å². The van der Waals surface area contributed by atoms with E-state index >= 15 is 0 Å². The van der Waals surface area contributed by atoms with E-state index in [1.165, 1.54) is 84.2 Å². The number of hydrogen-bond acceptors (Lipinski definition) is 6. The fourth-order valence-electron chi connectivity index (χ4n) is 6.80. The third kappa shape index (κ3) is 10.9. The quantitative estimate of drug-likeness (QED) is 0.122. The predicted octanol–water partition coefficient (Wildman–Crippen LogP) is 8.29. The second kappa shape index (κ2) is 19.9. The number of esters is 1. The lowest BCUT2D eigenvalue weighted by Gasteiger charge is -2.47. The topological polar surface area (TPSA) is 94.2 Å². The number of nitrogens with zero attached hydrogens (tertiary/aromatic N) is 1. The maximum atomic E-state index is 13.2. The average molecular weight is 579 g/mol. The van der Waals surface area contributed by atoms with Crippen LogP contribution in [0.25, 0.3) is 0 Å². The Morgan fingerprint density at radius 2 is 1.44 bits per heavy atom. The summed E-state index contributed by atoms with van der Waals surface area (Å²) >= 11 is 0. The molecule has 1 aliphatic carbocycles. The van der Waals surface area contributed by atoms with Crippen LogP contribution in [0.3, 0.4) is 0 Å². The summed E-state index contributed by atoms with van der Waals surface area (Å²) in [5, 5.41) is 2.68. The molecule has 1 saturated carbocycles. The number of nitrogens with one attached hydrogen (secondary N) is 1. The maximum absolute atomic E-state index is 13.2. The molecule has 0 saturated heterocycles. The minimum absolute atomic E-state index is 0.132. The number of unbranched alkanes of at least 4 members (excludes halogenated alkanes) is 12. The van der Waals surface area contributed by atoms with Gasteiger partial charge in [-0.25, -0.2) is 19.3 Å². The van der Waals surface area contributed by atoms with Crippen LogP contribution >= 0.6 is 0 Å². The Kier molecular flexibility index (Phi) is 17.1. The van der Waals surface area contributed by atoms with E-state index in [0.717, 1.165) is 37.0 Å². The second-order valence-electron chi connectivity index (χ2n) is 11.8. The van der Waals surface area contributed by atoms with Crippen molar-refractivity contribution < 1.29 is 28.6 Å². The Hall–Kier alpha value is -2.09. The molecule has 1 aliphatic heterocycles. The molecule has 0 aromatic carbocycles. The lowest BCUT2D eigenvalue weighted by molar-refractivity contribution is -0.138. The summed E-state index contributed by atoms with van der Waals surface area (Å²) in [6.45, 7) is 8.29. The number of carbonyl (C=O) groups is 3. The fourth-order valence-corrected chi connectivity index (χ4v) is 6.80. The number of urea groups is 1. The van der Waals surface area contributed by atoms with Crippen LogP contribution in [0.15, 0.2) is 11.3 Å². The zero-order valence-electron chi connectivity index (χ0n) is 26.6. The number of carbonyl (C=O) groups excluding carboxylic acids is 3. The molecule has 1 fully saturated rings. The molecule has 1 N–H and O–H groups in total. The molecular formula is C33H58N2O6. The third-order valence-corrected chi connectivity index (χ3v) is 8.82. The Morgan fingerprint density at radius 3 is 1.98 bits per heavy atom. The molecule has 8 heteroatoms. The summed E-state index contributed by atoms with van der Waals surface area (Å²) in [4.78, 5) is 40.5. The molecule has 0 aromatic heterocycles. The van der Waals surface area contributed by atoms with Crippen molar-refractivity contribution in [3.05, 3.63) is 11.3 Å². The minimum Gasteiger partial charge on any atom is -0.466 e. The van der Waals surface area contributed by atoms with Crippen molar-refractivity contribution in [2.24, 2.45) is 11.8 Å². The third-order valence-electron chi connectivity index (χ3n) is 8.82. The van der Waals surface area contributed by atoms with Crippen molar-refractivity contribution in [3.63, 3.8) is 0 Å². The van der Waals surface area contributed by atoms with Crippen molar-refractivity contribution in [1.29, 1.82) is 0 Å². The van der Waals surface area contributed by atoms with Gasteiger partial charge < -0.3 is 19.5 Å². The van der Waals surface area contributed by atoms with Crippen molar-refractivity contribution in [1.82, 2.24) is 10.2 Å². The Bertz CT molecular complexity index is 827. The molecule has 0 bridgehead atoms. The fraction of sp³-hybridized carbons (Fsp3) is 0.848.